The average molecular weight is 311 g/mol. The first-order chi connectivity index (χ1) is 3.33. The van der Waals surface area contributed by atoms with Crippen molar-refractivity contribution in [1.82, 2.24) is 0 Å². The SMILES string of the molecule is ClCCBr.[Br-].[CH2-]CCl.[Mg+2]. The normalized spacial score (nSPS) is 5.33. The molecule has 0 amide bonds. The quantitative estimate of drug-likeness (QED) is 0.341. The van der Waals surface area contributed by atoms with Crippen molar-refractivity contribution in [2.45, 2.75) is 0 Å². The predicted molar refractivity (Wildman–Crippen MR) is 46.3 cm³/mol. The minimum Gasteiger partial charge on any atom is -1.00 e. The Bertz CT molecular complexity index is 24.0. The van der Waals surface area contributed by atoms with E-state index in [0.29, 0.717) is 11.8 Å². The number of halogens is 4. The van der Waals surface area contributed by atoms with E-state index < -0.39 is 0 Å². The monoisotopic (exact) mass is 308 g/mol. The number of hydrogen-bond acceptors (Lipinski definition) is 0. The van der Waals surface area contributed by atoms with Crippen molar-refractivity contribution in [3.05, 3.63) is 6.92 Å². The Labute approximate surface area is 102 Å². The van der Waals surface area contributed by atoms with Gasteiger partial charge in [0, 0.05) is 11.2 Å². The molecule has 0 aromatic carbocycles. The van der Waals surface area contributed by atoms with Crippen molar-refractivity contribution in [1.29, 1.82) is 0 Å². The summed E-state index contributed by atoms with van der Waals surface area (Å²) in [5.41, 5.74) is 0. The molecule has 0 nitrogen and oxygen atoms in total. The minimum atomic E-state index is 0. The van der Waals surface area contributed by atoms with Crippen LogP contribution in [-0.2, 0) is 0 Å². The summed E-state index contributed by atoms with van der Waals surface area (Å²) in [5.74, 6) is 1.18. The Kier molecular flexibility index (Phi) is 79.2. The van der Waals surface area contributed by atoms with Crippen LogP contribution in [-0.4, -0.2) is 40.1 Å². The van der Waals surface area contributed by atoms with Crippen molar-refractivity contribution in [3.63, 3.8) is 0 Å². The Balaban J connectivity index is -0.0000000233. The van der Waals surface area contributed by atoms with Gasteiger partial charge in [-0.25, -0.2) is 0 Å². The van der Waals surface area contributed by atoms with Crippen LogP contribution in [0.2, 0.25) is 0 Å². The van der Waals surface area contributed by atoms with Crippen LogP contribution in [0.5, 0.6) is 0 Å². The second-order valence-electron chi connectivity index (χ2n) is 0.567. The third-order valence-electron chi connectivity index (χ3n) is 0.0714. The smallest absolute Gasteiger partial charge is 1.00 e. The summed E-state index contributed by atoms with van der Waals surface area (Å²) in [7, 11) is 0. The van der Waals surface area contributed by atoms with E-state index in [0.717, 1.165) is 5.33 Å². The molecule has 0 aliphatic heterocycles. The molecule has 0 radical (unpaired) electrons. The molecule has 0 unspecified atom stereocenters. The Morgan fingerprint density at radius 2 is 1.44 bits per heavy atom. The molecule has 0 heterocycles. The first kappa shape index (κ1) is 22.5. The average Bonchev–Trinajstić information content (AvgIpc) is 1.69. The molecule has 0 aromatic heterocycles. The zero-order chi connectivity index (χ0) is 6.12. The minimum absolute atomic E-state index is 0. The molecule has 0 saturated carbocycles. The van der Waals surface area contributed by atoms with Crippen LogP contribution in [0.1, 0.15) is 0 Å². The molecule has 54 valence electrons. The van der Waals surface area contributed by atoms with Crippen molar-refractivity contribution in [2.24, 2.45) is 0 Å². The molecule has 0 N–H and O–H groups in total. The third kappa shape index (κ3) is 65.0. The molecule has 0 bridgehead atoms. The van der Waals surface area contributed by atoms with E-state index in [1.54, 1.807) is 0 Å². The fourth-order valence-corrected chi connectivity index (χ4v) is 0. The molecule has 0 spiro atoms. The van der Waals surface area contributed by atoms with Crippen LogP contribution in [0, 0.1) is 6.92 Å². The third-order valence-corrected chi connectivity index (χ3v) is 1.11. The summed E-state index contributed by atoms with van der Waals surface area (Å²) in [6.45, 7) is 3.25. The van der Waals surface area contributed by atoms with Gasteiger partial charge in [-0.05, 0) is 0 Å². The van der Waals surface area contributed by atoms with E-state index >= 15 is 0 Å². The molecule has 0 aromatic rings. The van der Waals surface area contributed by atoms with Crippen LogP contribution >= 0.6 is 39.1 Å². The van der Waals surface area contributed by atoms with Crippen LogP contribution in [0.15, 0.2) is 0 Å². The molecule has 0 saturated heterocycles. The van der Waals surface area contributed by atoms with Gasteiger partial charge in [0.1, 0.15) is 0 Å². The summed E-state index contributed by atoms with van der Waals surface area (Å²) in [6.07, 6.45) is 0. The molecule has 0 atom stereocenters. The molecule has 5 heteroatoms. The van der Waals surface area contributed by atoms with E-state index in [1.807, 2.05) is 0 Å². The second-order valence-corrected chi connectivity index (χ2v) is 2.12. The molecular formula is C4H8Br2Cl2Mg. The van der Waals surface area contributed by atoms with Crippen molar-refractivity contribution in [2.75, 3.05) is 17.1 Å². The van der Waals surface area contributed by atoms with Gasteiger partial charge < -0.3 is 23.9 Å². The van der Waals surface area contributed by atoms with Crippen molar-refractivity contribution < 1.29 is 17.0 Å². The topological polar surface area (TPSA) is 0 Å². The summed E-state index contributed by atoms with van der Waals surface area (Å²) < 4.78 is 0. The first-order valence-electron chi connectivity index (χ1n) is 1.80. The largest absolute Gasteiger partial charge is 2.00 e. The first-order valence-corrected chi connectivity index (χ1v) is 3.99. The Morgan fingerprint density at radius 1 is 1.33 bits per heavy atom. The molecule has 9 heavy (non-hydrogen) atoms. The number of hydrogen-bond donors (Lipinski definition) is 0. The number of rotatable bonds is 1. The summed E-state index contributed by atoms with van der Waals surface area (Å²) >= 11 is 13.1. The molecule has 0 fully saturated rings. The van der Waals surface area contributed by atoms with Crippen molar-refractivity contribution >= 4 is 62.2 Å². The van der Waals surface area contributed by atoms with E-state index in [2.05, 4.69) is 22.9 Å². The van der Waals surface area contributed by atoms with Gasteiger partial charge in [-0.3, -0.25) is 0 Å². The molecular weight excluding hydrogens is 303 g/mol. The molecule has 0 rings (SSSR count). The van der Waals surface area contributed by atoms with Crippen LogP contribution < -0.4 is 17.0 Å². The standard InChI is InChI=1S/C2H4BrCl.C2H4Cl.BrH.Mg/c3-1-2-4;1-2-3;;/h1-2H2;1-2H2;1H;/q;-1;;+2/p-1. The van der Waals surface area contributed by atoms with Gasteiger partial charge in [-0.1, -0.05) is 15.9 Å². The summed E-state index contributed by atoms with van der Waals surface area (Å²) in [5, 5.41) is 0.897. The van der Waals surface area contributed by atoms with Crippen molar-refractivity contribution in [3.8, 4) is 0 Å². The Morgan fingerprint density at radius 3 is 1.44 bits per heavy atom. The van der Waals surface area contributed by atoms with Gasteiger partial charge >= 0.3 is 23.1 Å². The van der Waals surface area contributed by atoms with Gasteiger partial charge in [0.05, 0.1) is 0 Å². The maximum absolute atomic E-state index is 5.14. The van der Waals surface area contributed by atoms with Crippen LogP contribution in [0.25, 0.3) is 0 Å². The van der Waals surface area contributed by atoms with E-state index in [-0.39, 0.29) is 40.0 Å². The second kappa shape index (κ2) is 31.7. The molecule has 0 aliphatic carbocycles. The van der Waals surface area contributed by atoms with Crippen LogP contribution in [0.4, 0.5) is 0 Å². The van der Waals surface area contributed by atoms with E-state index in [1.165, 1.54) is 0 Å². The Hall–Kier alpha value is 2.31. The van der Waals surface area contributed by atoms with E-state index in [4.69, 9.17) is 23.2 Å². The molecule has 0 aliphatic rings. The van der Waals surface area contributed by atoms with Gasteiger partial charge in [0.25, 0.3) is 0 Å². The zero-order valence-corrected chi connectivity index (χ0v) is 11.1. The van der Waals surface area contributed by atoms with Gasteiger partial charge in [0.15, 0.2) is 0 Å². The van der Waals surface area contributed by atoms with Gasteiger partial charge in [-0.2, -0.15) is 11.6 Å². The zero-order valence-electron chi connectivity index (χ0n) is 5.05. The maximum Gasteiger partial charge on any atom is 2.00 e. The fraction of sp³-hybridized carbons (Fsp3) is 0.750. The predicted octanol–water partition coefficient (Wildman–Crippen LogP) is -0.697. The fourth-order valence-electron chi connectivity index (χ4n) is 0. The van der Waals surface area contributed by atoms with Crippen LogP contribution in [0.3, 0.4) is 0 Å². The van der Waals surface area contributed by atoms with Gasteiger partial charge in [0.2, 0.25) is 0 Å². The summed E-state index contributed by atoms with van der Waals surface area (Å²) in [4.78, 5) is 0. The summed E-state index contributed by atoms with van der Waals surface area (Å²) in [6, 6.07) is 0. The van der Waals surface area contributed by atoms with E-state index in [9.17, 15) is 0 Å². The number of alkyl halides is 3. The maximum atomic E-state index is 5.14. The van der Waals surface area contributed by atoms with Gasteiger partial charge in [-0.15, -0.1) is 17.5 Å².